The average Bonchev–Trinajstić information content (AvgIpc) is 3.04. The number of carboxylic acids is 1. The molecule has 0 spiro atoms. The normalized spacial score (nSPS) is 17.9. The summed E-state index contributed by atoms with van der Waals surface area (Å²) < 4.78 is 23.9. The predicted molar refractivity (Wildman–Crippen MR) is 106 cm³/mol. The summed E-state index contributed by atoms with van der Waals surface area (Å²) in [5.41, 5.74) is 2.61. The lowest BCUT2D eigenvalue weighted by atomic mass is 10.0. The maximum Gasteiger partial charge on any atom is 0.337 e. The number of carbonyl (C=O) groups is 1. The van der Waals surface area contributed by atoms with Crippen molar-refractivity contribution in [3.05, 3.63) is 53.6 Å². The third-order valence-electron chi connectivity index (χ3n) is 5.28. The summed E-state index contributed by atoms with van der Waals surface area (Å²) in [6.07, 6.45) is 4.56. The zero-order valence-electron chi connectivity index (χ0n) is 15.7. The monoisotopic (exact) mass is 387 g/mol. The first kappa shape index (κ1) is 19.6. The molecule has 1 heterocycles. The van der Waals surface area contributed by atoms with Crippen LogP contribution in [0.2, 0.25) is 0 Å². The lowest BCUT2D eigenvalue weighted by Gasteiger charge is -2.20. The van der Waals surface area contributed by atoms with Crippen molar-refractivity contribution in [3.63, 3.8) is 0 Å². The van der Waals surface area contributed by atoms with E-state index in [2.05, 4.69) is 24.0 Å². The van der Waals surface area contributed by atoms with Crippen LogP contribution in [0.15, 0.2) is 47.4 Å². The number of rotatable bonds is 6. The van der Waals surface area contributed by atoms with Gasteiger partial charge in [-0.15, -0.1) is 0 Å². The van der Waals surface area contributed by atoms with E-state index in [4.69, 9.17) is 0 Å². The van der Waals surface area contributed by atoms with Crippen LogP contribution in [0, 0.1) is 0 Å². The molecule has 1 N–H and O–H groups in total. The van der Waals surface area contributed by atoms with Gasteiger partial charge in [0.2, 0.25) is 0 Å². The predicted octanol–water partition coefficient (Wildman–Crippen LogP) is 3.48. The molecule has 2 aromatic carbocycles. The zero-order valence-corrected chi connectivity index (χ0v) is 16.5. The van der Waals surface area contributed by atoms with Gasteiger partial charge in [0.15, 0.2) is 9.84 Å². The molecule has 0 radical (unpaired) electrons. The Balaban J connectivity index is 1.79. The van der Waals surface area contributed by atoms with E-state index in [1.54, 1.807) is 6.07 Å². The van der Waals surface area contributed by atoms with Gasteiger partial charge in [-0.1, -0.05) is 30.3 Å². The van der Waals surface area contributed by atoms with Gasteiger partial charge in [0.1, 0.15) is 0 Å². The van der Waals surface area contributed by atoms with Crippen LogP contribution in [0.4, 0.5) is 0 Å². The summed E-state index contributed by atoms with van der Waals surface area (Å²) in [6.45, 7) is 4.49. The lowest BCUT2D eigenvalue weighted by molar-refractivity contribution is 0.0692. The van der Waals surface area contributed by atoms with E-state index >= 15 is 0 Å². The number of hydrogen-bond acceptors (Lipinski definition) is 4. The SMILES string of the molecule is C[C@@H]1CCCN1CCc1ccc(-c2ccc(C(=O)O)c(S(C)(=O)=O)c2)cc1. The molecule has 1 aliphatic heterocycles. The summed E-state index contributed by atoms with van der Waals surface area (Å²) in [7, 11) is -3.63. The molecule has 5 nitrogen and oxygen atoms in total. The Morgan fingerprint density at radius 1 is 1.15 bits per heavy atom. The Morgan fingerprint density at radius 2 is 1.81 bits per heavy atom. The summed E-state index contributed by atoms with van der Waals surface area (Å²) in [5, 5.41) is 9.23. The van der Waals surface area contributed by atoms with E-state index < -0.39 is 15.8 Å². The van der Waals surface area contributed by atoms with Gasteiger partial charge >= 0.3 is 5.97 Å². The van der Waals surface area contributed by atoms with Gasteiger partial charge in [0, 0.05) is 18.8 Å². The first-order chi connectivity index (χ1) is 12.8. The van der Waals surface area contributed by atoms with Crippen LogP contribution in [-0.4, -0.2) is 49.8 Å². The fraction of sp³-hybridized carbons (Fsp3) is 0.381. The van der Waals surface area contributed by atoms with E-state index in [1.165, 1.54) is 37.1 Å². The number of carboxylic acid groups (broad SMARTS) is 1. The summed E-state index contributed by atoms with van der Waals surface area (Å²) in [6, 6.07) is 13.2. The fourth-order valence-corrected chi connectivity index (χ4v) is 4.54. The summed E-state index contributed by atoms with van der Waals surface area (Å²) >= 11 is 0. The Kier molecular flexibility index (Phi) is 5.67. The van der Waals surface area contributed by atoms with Crippen LogP contribution in [0.25, 0.3) is 11.1 Å². The standard InChI is InChI=1S/C21H25NO4S/c1-15-4-3-12-22(15)13-11-16-5-7-17(8-6-16)18-9-10-19(21(23)24)20(14-18)27(2,25)26/h5-10,14-15H,3-4,11-13H2,1-2H3,(H,23,24)/t15-/m1/s1. The molecule has 27 heavy (non-hydrogen) atoms. The Bertz CT molecular complexity index is 935. The molecule has 6 heteroatoms. The van der Waals surface area contributed by atoms with Crippen molar-refractivity contribution < 1.29 is 18.3 Å². The van der Waals surface area contributed by atoms with E-state index in [0.29, 0.717) is 11.6 Å². The molecule has 0 unspecified atom stereocenters. The van der Waals surface area contributed by atoms with Gasteiger partial charge in [0.05, 0.1) is 10.5 Å². The second kappa shape index (κ2) is 7.82. The van der Waals surface area contributed by atoms with Gasteiger partial charge in [-0.25, -0.2) is 13.2 Å². The minimum Gasteiger partial charge on any atom is -0.478 e. The summed E-state index contributed by atoms with van der Waals surface area (Å²) in [5.74, 6) is -1.24. The number of benzene rings is 2. The third kappa shape index (κ3) is 4.57. The van der Waals surface area contributed by atoms with Crippen molar-refractivity contribution >= 4 is 15.8 Å². The van der Waals surface area contributed by atoms with E-state index in [0.717, 1.165) is 24.8 Å². The maximum absolute atomic E-state index is 12.0. The topological polar surface area (TPSA) is 74.7 Å². The second-order valence-electron chi connectivity index (χ2n) is 7.26. The van der Waals surface area contributed by atoms with Gasteiger partial charge in [-0.05, 0) is 61.6 Å². The highest BCUT2D eigenvalue weighted by atomic mass is 32.2. The number of nitrogens with zero attached hydrogens (tertiary/aromatic N) is 1. The highest BCUT2D eigenvalue weighted by Gasteiger charge is 2.20. The van der Waals surface area contributed by atoms with Crippen LogP contribution >= 0.6 is 0 Å². The van der Waals surface area contributed by atoms with Gasteiger partial charge in [-0.3, -0.25) is 0 Å². The van der Waals surface area contributed by atoms with Crippen LogP contribution in [0.3, 0.4) is 0 Å². The van der Waals surface area contributed by atoms with Crippen LogP contribution < -0.4 is 0 Å². The molecular formula is C21H25NO4S. The average molecular weight is 388 g/mol. The third-order valence-corrected chi connectivity index (χ3v) is 6.41. The Labute approximate surface area is 160 Å². The fourth-order valence-electron chi connectivity index (χ4n) is 3.65. The van der Waals surface area contributed by atoms with Crippen molar-refractivity contribution in [3.8, 4) is 11.1 Å². The van der Waals surface area contributed by atoms with Crippen LogP contribution in [0.1, 0.15) is 35.7 Å². The molecule has 0 aliphatic carbocycles. The van der Waals surface area contributed by atoms with Crippen LogP contribution in [-0.2, 0) is 16.3 Å². The van der Waals surface area contributed by atoms with Crippen molar-refractivity contribution in [2.24, 2.45) is 0 Å². The molecule has 144 valence electrons. The molecule has 2 aromatic rings. The van der Waals surface area contributed by atoms with E-state index in [1.807, 2.05) is 12.1 Å². The Hall–Kier alpha value is -2.18. The van der Waals surface area contributed by atoms with Gasteiger partial charge < -0.3 is 10.0 Å². The molecule has 1 fully saturated rings. The van der Waals surface area contributed by atoms with Crippen molar-refractivity contribution in [2.45, 2.75) is 37.1 Å². The molecule has 0 aromatic heterocycles. The lowest BCUT2D eigenvalue weighted by Crippen LogP contribution is -2.28. The Morgan fingerprint density at radius 3 is 2.37 bits per heavy atom. The second-order valence-corrected chi connectivity index (χ2v) is 9.25. The van der Waals surface area contributed by atoms with E-state index in [9.17, 15) is 18.3 Å². The largest absolute Gasteiger partial charge is 0.478 e. The molecule has 1 saturated heterocycles. The van der Waals surface area contributed by atoms with Crippen molar-refractivity contribution in [2.75, 3.05) is 19.3 Å². The number of aromatic carboxylic acids is 1. The molecule has 0 amide bonds. The van der Waals surface area contributed by atoms with Crippen molar-refractivity contribution in [1.82, 2.24) is 4.90 Å². The zero-order chi connectivity index (χ0) is 19.6. The summed E-state index contributed by atoms with van der Waals surface area (Å²) in [4.78, 5) is 13.7. The first-order valence-electron chi connectivity index (χ1n) is 9.16. The quantitative estimate of drug-likeness (QED) is 0.821. The molecular weight excluding hydrogens is 362 g/mol. The minimum absolute atomic E-state index is 0.153. The molecule has 0 saturated carbocycles. The molecule has 1 aliphatic rings. The van der Waals surface area contributed by atoms with E-state index in [-0.39, 0.29) is 10.5 Å². The molecule has 3 rings (SSSR count). The smallest absolute Gasteiger partial charge is 0.337 e. The number of hydrogen-bond donors (Lipinski definition) is 1. The molecule has 1 atom stereocenters. The number of likely N-dealkylation sites (tertiary alicyclic amines) is 1. The minimum atomic E-state index is -3.63. The maximum atomic E-state index is 12.0. The highest BCUT2D eigenvalue weighted by molar-refractivity contribution is 7.90. The van der Waals surface area contributed by atoms with Gasteiger partial charge in [-0.2, -0.15) is 0 Å². The van der Waals surface area contributed by atoms with Gasteiger partial charge in [0.25, 0.3) is 0 Å². The number of sulfone groups is 1. The van der Waals surface area contributed by atoms with Crippen LogP contribution in [0.5, 0.6) is 0 Å². The molecule has 0 bridgehead atoms. The highest BCUT2D eigenvalue weighted by Crippen LogP contribution is 2.26. The van der Waals surface area contributed by atoms with Crippen molar-refractivity contribution in [1.29, 1.82) is 0 Å². The first-order valence-corrected chi connectivity index (χ1v) is 11.1.